The summed E-state index contributed by atoms with van der Waals surface area (Å²) >= 11 is 0. The number of carbonyl (C=O) groups excluding carboxylic acids is 2. The molecule has 0 saturated heterocycles. The maximum Gasteiger partial charge on any atom is 0.228 e. The van der Waals surface area contributed by atoms with E-state index in [-0.39, 0.29) is 17.6 Å². The van der Waals surface area contributed by atoms with Gasteiger partial charge in [-0.3, -0.25) is 28.4 Å². The number of rotatable bonds is 4. The Kier molecular flexibility index (Phi) is 7.39. The molecule has 11 heteroatoms. The van der Waals surface area contributed by atoms with E-state index >= 15 is 0 Å². The van der Waals surface area contributed by atoms with E-state index in [4.69, 9.17) is 9.97 Å². The van der Waals surface area contributed by atoms with Crippen LogP contribution in [0.3, 0.4) is 0 Å². The summed E-state index contributed by atoms with van der Waals surface area (Å²) in [5.74, 6) is -0.249. The number of nitrogens with one attached hydrogen (secondary N) is 2. The molecule has 2 N–H and O–H groups in total. The zero-order valence-electron chi connectivity index (χ0n) is 27.8. The van der Waals surface area contributed by atoms with Crippen LogP contribution in [0, 0.1) is 12.7 Å². The van der Waals surface area contributed by atoms with Crippen molar-refractivity contribution in [3.8, 4) is 45.0 Å². The predicted octanol–water partition coefficient (Wildman–Crippen LogP) is 7.56. The minimum Gasteiger partial charge on any atom is -0.326 e. The number of amides is 2. The first-order chi connectivity index (χ1) is 25.4. The molecule has 0 unspecified atom stereocenters. The topological polar surface area (TPSA) is 119 Å². The van der Waals surface area contributed by atoms with Crippen molar-refractivity contribution in [1.29, 1.82) is 0 Å². The Bertz CT molecular complexity index is 2700. The van der Waals surface area contributed by atoms with E-state index in [1.807, 2.05) is 76.6 Å². The Balaban J connectivity index is 0.000000139. The van der Waals surface area contributed by atoms with Gasteiger partial charge in [0.1, 0.15) is 5.82 Å². The van der Waals surface area contributed by atoms with Gasteiger partial charge in [-0.2, -0.15) is 0 Å². The van der Waals surface area contributed by atoms with E-state index in [1.54, 1.807) is 30.7 Å². The van der Waals surface area contributed by atoms with E-state index in [2.05, 4.69) is 38.8 Å². The number of nitrogens with zero attached hydrogens (tertiary/aromatic N) is 6. The second-order valence-electron chi connectivity index (χ2n) is 12.7. The number of carbonyl (C=O) groups is 2. The van der Waals surface area contributed by atoms with Crippen molar-refractivity contribution >= 4 is 34.5 Å². The van der Waals surface area contributed by atoms with Crippen molar-refractivity contribution in [3.05, 3.63) is 145 Å². The lowest BCUT2D eigenvalue weighted by Crippen LogP contribution is -2.03. The van der Waals surface area contributed by atoms with E-state index in [1.165, 1.54) is 12.1 Å². The average molecular weight is 685 g/mol. The second-order valence-corrected chi connectivity index (χ2v) is 12.7. The fourth-order valence-electron chi connectivity index (χ4n) is 6.92. The lowest BCUT2D eigenvalue weighted by molar-refractivity contribution is -0.115. The Morgan fingerprint density at radius 3 is 1.90 bits per heavy atom. The van der Waals surface area contributed by atoms with Crippen molar-refractivity contribution in [1.82, 2.24) is 28.7 Å². The molecule has 6 heterocycles. The molecule has 0 spiro atoms. The van der Waals surface area contributed by atoms with Crippen LogP contribution in [0.25, 0.3) is 56.3 Å². The highest BCUT2D eigenvalue weighted by Crippen LogP contribution is 2.37. The third-order valence-corrected chi connectivity index (χ3v) is 9.32. The predicted molar refractivity (Wildman–Crippen MR) is 197 cm³/mol. The number of hydrogen-bond donors (Lipinski definition) is 2. The fraction of sp³-hybridized carbons (Fsp3) is 0.0732. The summed E-state index contributed by atoms with van der Waals surface area (Å²) in [7, 11) is 0. The number of hydrogen-bond acceptors (Lipinski definition) is 6. The smallest absolute Gasteiger partial charge is 0.228 e. The van der Waals surface area contributed by atoms with Crippen LogP contribution in [0.1, 0.15) is 16.8 Å². The molecule has 52 heavy (non-hydrogen) atoms. The van der Waals surface area contributed by atoms with Gasteiger partial charge in [0.15, 0.2) is 11.3 Å². The van der Waals surface area contributed by atoms with E-state index in [0.717, 1.165) is 84.5 Å². The first kappa shape index (κ1) is 31.0. The van der Waals surface area contributed by atoms with Gasteiger partial charge in [-0.25, -0.2) is 14.4 Å². The zero-order chi connectivity index (χ0) is 35.3. The summed E-state index contributed by atoms with van der Waals surface area (Å²) in [6.07, 6.45) is 9.82. The first-order valence-electron chi connectivity index (χ1n) is 16.7. The molecular formula is C41H29FN8O2. The summed E-state index contributed by atoms with van der Waals surface area (Å²) in [5, 5.41) is 5.74. The monoisotopic (exact) mass is 684 g/mol. The summed E-state index contributed by atoms with van der Waals surface area (Å²) in [5.41, 5.74) is 13.5. The SMILES string of the molecule is Cc1nccn2c(-c3ccc4c(c3)CC(=O)N4)c(-c3ccc(F)cc3)nc12.O=C1Cc2cc(-c3c(-c4ccccc4)nc4cnccn34)ccc2N1. The third kappa shape index (κ3) is 5.44. The Labute approximate surface area is 296 Å². The summed E-state index contributed by atoms with van der Waals surface area (Å²) in [6, 6.07) is 28.4. The van der Waals surface area contributed by atoms with Crippen LogP contribution in [0.2, 0.25) is 0 Å². The molecular weight excluding hydrogens is 656 g/mol. The Morgan fingerprint density at radius 1 is 0.654 bits per heavy atom. The molecule has 0 aliphatic carbocycles. The Morgan fingerprint density at radius 2 is 1.23 bits per heavy atom. The van der Waals surface area contributed by atoms with Crippen LogP contribution in [0.4, 0.5) is 15.8 Å². The van der Waals surface area contributed by atoms with Gasteiger partial charge in [-0.05, 0) is 66.6 Å². The molecule has 4 aromatic heterocycles. The number of aromatic nitrogens is 6. The number of halogens is 1. The van der Waals surface area contributed by atoms with Gasteiger partial charge in [0.2, 0.25) is 11.8 Å². The highest BCUT2D eigenvalue weighted by Gasteiger charge is 2.23. The molecule has 2 aliphatic heterocycles. The second kappa shape index (κ2) is 12.4. The largest absolute Gasteiger partial charge is 0.326 e. The van der Waals surface area contributed by atoms with E-state index in [0.29, 0.717) is 12.8 Å². The highest BCUT2D eigenvalue weighted by atomic mass is 19.1. The van der Waals surface area contributed by atoms with Crippen molar-refractivity contribution in [2.45, 2.75) is 19.8 Å². The van der Waals surface area contributed by atoms with Crippen LogP contribution in [0.5, 0.6) is 0 Å². The molecule has 0 radical (unpaired) electrons. The number of benzene rings is 4. The van der Waals surface area contributed by atoms with Gasteiger partial charge in [-0.1, -0.05) is 42.5 Å². The number of anilines is 2. The molecule has 0 atom stereocenters. The number of aryl methyl sites for hydroxylation is 1. The number of imidazole rings is 2. The minimum atomic E-state index is -0.288. The van der Waals surface area contributed by atoms with Crippen molar-refractivity contribution < 1.29 is 14.0 Å². The molecule has 0 bridgehead atoms. The molecule has 0 fully saturated rings. The van der Waals surface area contributed by atoms with Crippen molar-refractivity contribution in [2.75, 3.05) is 10.6 Å². The van der Waals surface area contributed by atoms with Crippen LogP contribution in [-0.2, 0) is 22.4 Å². The molecule has 10 rings (SSSR count). The summed E-state index contributed by atoms with van der Waals surface area (Å²) in [4.78, 5) is 41.5. The minimum absolute atomic E-state index is 0.000838. The maximum atomic E-state index is 13.4. The van der Waals surface area contributed by atoms with Crippen molar-refractivity contribution in [3.63, 3.8) is 0 Å². The maximum absolute atomic E-state index is 13.4. The van der Waals surface area contributed by atoms with E-state index < -0.39 is 0 Å². The number of fused-ring (bicyclic) bond motifs is 4. The average Bonchev–Trinajstić information content (AvgIpc) is 3.93. The van der Waals surface area contributed by atoms with Gasteiger partial charge >= 0.3 is 0 Å². The molecule has 10 nitrogen and oxygen atoms in total. The molecule has 2 amide bonds. The van der Waals surface area contributed by atoms with Crippen LogP contribution in [0.15, 0.2) is 122 Å². The van der Waals surface area contributed by atoms with Crippen molar-refractivity contribution in [2.24, 2.45) is 0 Å². The lowest BCUT2D eigenvalue weighted by atomic mass is 10.0. The van der Waals surface area contributed by atoms with Gasteiger partial charge < -0.3 is 10.6 Å². The molecule has 4 aromatic carbocycles. The van der Waals surface area contributed by atoms with Gasteiger partial charge in [-0.15, -0.1) is 0 Å². The molecule has 2 aliphatic rings. The molecule has 0 saturated carbocycles. The first-order valence-corrected chi connectivity index (χ1v) is 16.7. The third-order valence-electron chi connectivity index (χ3n) is 9.32. The molecule has 252 valence electrons. The quantitative estimate of drug-likeness (QED) is 0.198. The molecule has 8 aromatic rings. The van der Waals surface area contributed by atoms with Gasteiger partial charge in [0.05, 0.1) is 47.5 Å². The standard InChI is InChI=1S/C21H15FN4O.C20H14N4O/c1-12-21-25-19(13-2-5-16(22)6-3-13)20(26(21)9-8-23-12)14-4-7-17-15(10-14)11-18(27)24-17;25-18-11-15-10-14(6-7-16(15)22-18)20-19(13-4-2-1-3-5-13)23-17-12-21-8-9-24(17)20/h2-10H,11H2,1H3,(H,24,27);1-10,12H,11H2,(H,22,25). The van der Waals surface area contributed by atoms with E-state index in [9.17, 15) is 14.0 Å². The normalized spacial score (nSPS) is 13.0. The van der Waals surface area contributed by atoms with Gasteiger partial charge in [0, 0.05) is 58.4 Å². The fourth-order valence-corrected chi connectivity index (χ4v) is 6.92. The zero-order valence-corrected chi connectivity index (χ0v) is 27.8. The Hall–Kier alpha value is -7.01. The lowest BCUT2D eigenvalue weighted by Gasteiger charge is -2.08. The highest BCUT2D eigenvalue weighted by molar-refractivity contribution is 6.01. The van der Waals surface area contributed by atoms with Crippen LogP contribution in [-0.4, -0.2) is 40.6 Å². The van der Waals surface area contributed by atoms with Crippen LogP contribution < -0.4 is 10.6 Å². The van der Waals surface area contributed by atoms with Crippen LogP contribution >= 0.6 is 0 Å². The van der Waals surface area contributed by atoms with Gasteiger partial charge in [0.25, 0.3) is 0 Å². The summed E-state index contributed by atoms with van der Waals surface area (Å²) < 4.78 is 17.4. The summed E-state index contributed by atoms with van der Waals surface area (Å²) in [6.45, 7) is 1.91.